The van der Waals surface area contributed by atoms with Crippen LogP contribution in [0.2, 0.25) is 0 Å². The van der Waals surface area contributed by atoms with Gasteiger partial charge in [-0.15, -0.1) is 0 Å². The molecule has 1 N–H and O–H groups in total. The minimum atomic E-state index is -3.73. The lowest BCUT2D eigenvalue weighted by Crippen LogP contribution is -2.55. The summed E-state index contributed by atoms with van der Waals surface area (Å²) in [7, 11) is -3.73. The number of anilines is 1. The van der Waals surface area contributed by atoms with E-state index < -0.39 is 21.6 Å². The SMILES string of the molecule is CCCN1C(=O)NC2(CCN(S(=O)(=O)c3ccc4c(c3)CCN4C(C)=O)CC2)C1=O. The maximum Gasteiger partial charge on any atom is 0.325 e. The predicted octanol–water partition coefficient (Wildman–Crippen LogP) is 1.08. The van der Waals surface area contributed by atoms with Crippen molar-refractivity contribution < 1.29 is 22.8 Å². The summed E-state index contributed by atoms with van der Waals surface area (Å²) >= 11 is 0. The van der Waals surface area contributed by atoms with Crippen LogP contribution in [0, 0.1) is 0 Å². The van der Waals surface area contributed by atoms with Crippen molar-refractivity contribution in [2.45, 2.75) is 50.0 Å². The highest BCUT2D eigenvalue weighted by atomic mass is 32.2. The van der Waals surface area contributed by atoms with Crippen molar-refractivity contribution in [1.29, 1.82) is 0 Å². The standard InChI is InChI=1S/C20H26N4O5S/c1-3-9-24-18(26)20(21-19(24)27)7-11-22(12-8-20)30(28,29)16-4-5-17-15(13-16)6-10-23(17)14(2)25/h4-5,13H,3,6-12H2,1-2H3,(H,21,27). The Hall–Kier alpha value is -2.46. The molecule has 0 saturated carbocycles. The van der Waals surface area contributed by atoms with Crippen LogP contribution in [-0.4, -0.2) is 67.2 Å². The van der Waals surface area contributed by atoms with Crippen molar-refractivity contribution in [3.05, 3.63) is 23.8 Å². The molecule has 0 aromatic heterocycles. The Morgan fingerprint density at radius 1 is 1.17 bits per heavy atom. The molecule has 0 unspecified atom stereocenters. The van der Waals surface area contributed by atoms with Gasteiger partial charge in [-0.05, 0) is 49.4 Å². The number of nitrogens with zero attached hydrogens (tertiary/aromatic N) is 3. The third kappa shape index (κ3) is 3.18. The first-order chi connectivity index (χ1) is 14.2. The van der Waals surface area contributed by atoms with Gasteiger partial charge in [0.2, 0.25) is 15.9 Å². The number of nitrogens with one attached hydrogen (secondary N) is 1. The molecule has 3 heterocycles. The zero-order valence-corrected chi connectivity index (χ0v) is 18.0. The maximum atomic E-state index is 13.2. The summed E-state index contributed by atoms with van der Waals surface area (Å²) in [6.07, 6.45) is 1.80. The summed E-state index contributed by atoms with van der Waals surface area (Å²) in [5, 5.41) is 2.79. The van der Waals surface area contributed by atoms with Crippen LogP contribution in [0.3, 0.4) is 0 Å². The summed E-state index contributed by atoms with van der Waals surface area (Å²) < 4.78 is 27.7. The molecule has 162 valence electrons. The second-order valence-electron chi connectivity index (χ2n) is 8.08. The van der Waals surface area contributed by atoms with E-state index in [-0.39, 0.29) is 42.6 Å². The average Bonchev–Trinajstić information content (AvgIpc) is 3.23. The molecule has 3 aliphatic heterocycles. The molecule has 0 radical (unpaired) electrons. The number of amides is 4. The van der Waals surface area contributed by atoms with Crippen molar-refractivity contribution >= 4 is 33.6 Å². The van der Waals surface area contributed by atoms with Crippen LogP contribution in [0.4, 0.5) is 10.5 Å². The second kappa shape index (κ2) is 7.35. The van der Waals surface area contributed by atoms with Gasteiger partial charge in [0.05, 0.1) is 4.90 Å². The van der Waals surface area contributed by atoms with E-state index in [1.165, 1.54) is 22.2 Å². The lowest BCUT2D eigenvalue weighted by molar-refractivity contribution is -0.132. The second-order valence-corrected chi connectivity index (χ2v) is 10.0. The number of fused-ring (bicyclic) bond motifs is 1. The number of sulfonamides is 1. The summed E-state index contributed by atoms with van der Waals surface area (Å²) in [6.45, 7) is 4.62. The highest BCUT2D eigenvalue weighted by Crippen LogP contribution is 2.34. The van der Waals surface area contributed by atoms with Crippen LogP contribution in [0.25, 0.3) is 0 Å². The van der Waals surface area contributed by atoms with E-state index in [0.717, 1.165) is 11.3 Å². The highest BCUT2D eigenvalue weighted by molar-refractivity contribution is 7.89. The van der Waals surface area contributed by atoms with E-state index in [0.29, 0.717) is 25.9 Å². The van der Waals surface area contributed by atoms with Gasteiger partial charge in [-0.1, -0.05) is 6.92 Å². The molecule has 4 amide bonds. The first-order valence-electron chi connectivity index (χ1n) is 10.2. The molecule has 0 aliphatic carbocycles. The van der Waals surface area contributed by atoms with Crippen LogP contribution in [0.1, 0.15) is 38.7 Å². The van der Waals surface area contributed by atoms with Gasteiger partial charge in [-0.3, -0.25) is 14.5 Å². The third-order valence-electron chi connectivity index (χ3n) is 6.23. The van der Waals surface area contributed by atoms with Crippen molar-refractivity contribution in [2.24, 2.45) is 0 Å². The van der Waals surface area contributed by atoms with Gasteiger partial charge in [-0.25, -0.2) is 13.2 Å². The topological polar surface area (TPSA) is 107 Å². The number of rotatable bonds is 4. The summed E-state index contributed by atoms with van der Waals surface area (Å²) in [5.74, 6) is -0.320. The number of imide groups is 1. The minimum Gasteiger partial charge on any atom is -0.323 e. The quantitative estimate of drug-likeness (QED) is 0.714. The van der Waals surface area contributed by atoms with E-state index in [2.05, 4.69) is 5.32 Å². The molecule has 30 heavy (non-hydrogen) atoms. The Bertz CT molecular complexity index is 1010. The number of carbonyl (C=O) groups excluding carboxylic acids is 3. The summed E-state index contributed by atoms with van der Waals surface area (Å²) in [4.78, 5) is 39.7. The average molecular weight is 435 g/mol. The van der Waals surface area contributed by atoms with Gasteiger partial charge in [0.25, 0.3) is 5.91 Å². The largest absolute Gasteiger partial charge is 0.325 e. The smallest absolute Gasteiger partial charge is 0.323 e. The molecule has 4 rings (SSSR count). The van der Waals surface area contributed by atoms with Gasteiger partial charge in [0.1, 0.15) is 5.54 Å². The van der Waals surface area contributed by atoms with Gasteiger partial charge in [-0.2, -0.15) is 4.31 Å². The zero-order valence-electron chi connectivity index (χ0n) is 17.2. The molecule has 2 saturated heterocycles. The Morgan fingerprint density at radius 3 is 2.50 bits per heavy atom. The summed E-state index contributed by atoms with van der Waals surface area (Å²) in [5.41, 5.74) is 0.598. The van der Waals surface area contributed by atoms with E-state index in [9.17, 15) is 22.8 Å². The molecule has 1 spiro atoms. The first kappa shape index (κ1) is 20.8. The third-order valence-corrected chi connectivity index (χ3v) is 8.13. The van der Waals surface area contributed by atoms with Gasteiger partial charge < -0.3 is 10.2 Å². The van der Waals surface area contributed by atoms with Crippen LogP contribution < -0.4 is 10.2 Å². The Kier molecular flexibility index (Phi) is 5.09. The van der Waals surface area contributed by atoms with E-state index in [1.807, 2.05) is 6.92 Å². The minimum absolute atomic E-state index is 0.0638. The fourth-order valence-electron chi connectivity index (χ4n) is 4.56. The molecular formula is C20H26N4O5S. The van der Waals surface area contributed by atoms with Crippen molar-refractivity contribution in [1.82, 2.24) is 14.5 Å². The Morgan fingerprint density at radius 2 is 1.87 bits per heavy atom. The van der Waals surface area contributed by atoms with Gasteiger partial charge >= 0.3 is 6.03 Å². The van der Waals surface area contributed by atoms with Crippen LogP contribution >= 0.6 is 0 Å². The van der Waals surface area contributed by atoms with E-state index in [1.54, 1.807) is 17.0 Å². The molecular weight excluding hydrogens is 408 g/mol. The number of hydrogen-bond donors (Lipinski definition) is 1. The molecule has 10 heteroatoms. The van der Waals surface area contributed by atoms with Crippen molar-refractivity contribution in [3.8, 4) is 0 Å². The number of hydrogen-bond acceptors (Lipinski definition) is 5. The Balaban J connectivity index is 1.51. The fourth-order valence-corrected chi connectivity index (χ4v) is 6.06. The fraction of sp³-hybridized carbons (Fsp3) is 0.550. The number of benzene rings is 1. The molecule has 0 atom stereocenters. The normalized spacial score (nSPS) is 21.3. The highest BCUT2D eigenvalue weighted by Gasteiger charge is 2.53. The molecule has 9 nitrogen and oxygen atoms in total. The number of urea groups is 1. The molecule has 1 aromatic rings. The predicted molar refractivity (Wildman–Crippen MR) is 109 cm³/mol. The number of carbonyl (C=O) groups is 3. The lowest BCUT2D eigenvalue weighted by atomic mass is 9.88. The van der Waals surface area contributed by atoms with Gasteiger partial charge in [0, 0.05) is 38.8 Å². The van der Waals surface area contributed by atoms with E-state index in [4.69, 9.17) is 0 Å². The van der Waals surface area contributed by atoms with Crippen LogP contribution in [0.5, 0.6) is 0 Å². The molecule has 3 aliphatic rings. The summed E-state index contributed by atoms with van der Waals surface area (Å²) in [6, 6.07) is 4.46. The van der Waals surface area contributed by atoms with Crippen LogP contribution in [-0.2, 0) is 26.0 Å². The van der Waals surface area contributed by atoms with Crippen LogP contribution in [0.15, 0.2) is 23.1 Å². The van der Waals surface area contributed by atoms with Gasteiger partial charge in [0.15, 0.2) is 0 Å². The zero-order chi connectivity index (χ0) is 21.7. The molecule has 1 aromatic carbocycles. The number of piperidine rings is 1. The maximum absolute atomic E-state index is 13.2. The Labute approximate surface area is 176 Å². The van der Waals surface area contributed by atoms with Crippen molar-refractivity contribution in [2.75, 3.05) is 31.1 Å². The first-order valence-corrected chi connectivity index (χ1v) is 11.7. The molecule has 2 fully saturated rings. The molecule has 0 bridgehead atoms. The van der Waals surface area contributed by atoms with Crippen molar-refractivity contribution in [3.63, 3.8) is 0 Å². The monoisotopic (exact) mass is 434 g/mol. The van der Waals surface area contributed by atoms with E-state index >= 15 is 0 Å². The lowest BCUT2D eigenvalue weighted by Gasteiger charge is -2.36.